The Kier molecular flexibility index (Phi) is 4.56. The van der Waals surface area contributed by atoms with E-state index in [1.165, 1.54) is 12.4 Å². The van der Waals surface area contributed by atoms with E-state index in [4.69, 9.17) is 9.47 Å². The number of morpholine rings is 1. The normalized spacial score (nSPS) is 26.2. The maximum Gasteiger partial charge on any atom is 0.228 e. The molecule has 0 bridgehead atoms. The van der Waals surface area contributed by atoms with Crippen molar-refractivity contribution in [2.24, 2.45) is 11.3 Å². The van der Waals surface area contributed by atoms with Crippen molar-refractivity contribution in [3.05, 3.63) is 18.2 Å². The van der Waals surface area contributed by atoms with Crippen molar-refractivity contribution >= 4 is 11.9 Å². The number of halogens is 1. The van der Waals surface area contributed by atoms with Gasteiger partial charge in [-0.25, -0.2) is 14.4 Å². The molecule has 136 valence electrons. The van der Waals surface area contributed by atoms with Gasteiger partial charge in [0, 0.05) is 44.8 Å². The number of rotatable bonds is 2. The van der Waals surface area contributed by atoms with Gasteiger partial charge in [-0.05, 0) is 12.8 Å². The molecule has 1 aromatic rings. The number of hydrogen-bond acceptors (Lipinski definition) is 6. The summed E-state index contributed by atoms with van der Waals surface area (Å²) in [6.45, 7) is 5.11. The Morgan fingerprint density at radius 2 is 1.76 bits per heavy atom. The first-order valence-electron chi connectivity index (χ1n) is 8.85. The Morgan fingerprint density at radius 1 is 1.12 bits per heavy atom. The number of ether oxygens (including phenoxy) is 2. The second-order valence-corrected chi connectivity index (χ2v) is 7.05. The fourth-order valence-corrected chi connectivity index (χ4v) is 4.22. The topological polar surface area (TPSA) is 67.8 Å². The highest BCUT2D eigenvalue weighted by Crippen LogP contribution is 2.45. The minimum Gasteiger partial charge on any atom is -0.381 e. The van der Waals surface area contributed by atoms with Gasteiger partial charge >= 0.3 is 0 Å². The van der Waals surface area contributed by atoms with Crippen LogP contribution in [-0.4, -0.2) is 73.4 Å². The van der Waals surface area contributed by atoms with Gasteiger partial charge in [0.15, 0.2) is 5.82 Å². The Morgan fingerprint density at radius 3 is 2.44 bits per heavy atom. The Bertz CT molecular complexity index is 615. The molecule has 4 heterocycles. The highest BCUT2D eigenvalue weighted by atomic mass is 19.1. The van der Waals surface area contributed by atoms with Gasteiger partial charge < -0.3 is 19.3 Å². The van der Waals surface area contributed by atoms with Crippen molar-refractivity contribution in [1.29, 1.82) is 0 Å². The second-order valence-electron chi connectivity index (χ2n) is 7.05. The third-order valence-electron chi connectivity index (χ3n) is 5.65. The number of anilines is 1. The number of aromatic nitrogens is 2. The minimum absolute atomic E-state index is 0.108. The van der Waals surface area contributed by atoms with E-state index in [0.29, 0.717) is 58.6 Å². The Labute approximate surface area is 146 Å². The molecular weight excluding hydrogens is 327 g/mol. The van der Waals surface area contributed by atoms with E-state index >= 15 is 0 Å². The molecule has 4 rings (SSSR count). The number of nitrogens with zero attached hydrogens (tertiary/aromatic N) is 4. The summed E-state index contributed by atoms with van der Waals surface area (Å²) in [6, 6.07) is 0. The fraction of sp³-hybridized carbons (Fsp3) is 0.706. The van der Waals surface area contributed by atoms with Gasteiger partial charge in [-0.3, -0.25) is 4.79 Å². The summed E-state index contributed by atoms with van der Waals surface area (Å²) in [6.07, 6.45) is 4.06. The van der Waals surface area contributed by atoms with Crippen molar-refractivity contribution in [2.45, 2.75) is 12.8 Å². The molecule has 0 aromatic carbocycles. The predicted molar refractivity (Wildman–Crippen MR) is 87.6 cm³/mol. The molecule has 1 spiro atoms. The molecule has 25 heavy (non-hydrogen) atoms. The van der Waals surface area contributed by atoms with Crippen LogP contribution < -0.4 is 4.90 Å². The molecule has 3 fully saturated rings. The van der Waals surface area contributed by atoms with Gasteiger partial charge in [0.05, 0.1) is 31.5 Å². The molecule has 3 aliphatic rings. The molecule has 1 unspecified atom stereocenters. The average Bonchev–Trinajstić information content (AvgIpc) is 3.01. The molecule has 0 N–H and O–H groups in total. The molecule has 0 saturated carbocycles. The highest BCUT2D eigenvalue weighted by molar-refractivity contribution is 5.81. The van der Waals surface area contributed by atoms with Gasteiger partial charge in [0.2, 0.25) is 11.9 Å². The van der Waals surface area contributed by atoms with Gasteiger partial charge in [0.1, 0.15) is 0 Å². The van der Waals surface area contributed by atoms with Crippen LogP contribution in [0, 0.1) is 17.2 Å². The van der Waals surface area contributed by atoms with Crippen LogP contribution in [0.1, 0.15) is 12.8 Å². The lowest BCUT2D eigenvalue weighted by molar-refractivity contribution is -0.144. The van der Waals surface area contributed by atoms with E-state index in [1.807, 2.05) is 9.80 Å². The maximum atomic E-state index is 13.2. The predicted octanol–water partition coefficient (Wildman–Crippen LogP) is 0.707. The van der Waals surface area contributed by atoms with E-state index in [9.17, 15) is 9.18 Å². The van der Waals surface area contributed by atoms with E-state index in [-0.39, 0.29) is 17.2 Å². The van der Waals surface area contributed by atoms with Crippen molar-refractivity contribution < 1.29 is 18.7 Å². The van der Waals surface area contributed by atoms with Crippen LogP contribution in [-0.2, 0) is 14.3 Å². The third-order valence-corrected chi connectivity index (χ3v) is 5.65. The number of carbonyl (C=O) groups excluding carboxylic acids is 1. The van der Waals surface area contributed by atoms with Crippen LogP contribution in [0.5, 0.6) is 0 Å². The van der Waals surface area contributed by atoms with Crippen molar-refractivity contribution in [1.82, 2.24) is 14.9 Å². The summed E-state index contributed by atoms with van der Waals surface area (Å²) in [5.41, 5.74) is -0.120. The monoisotopic (exact) mass is 350 g/mol. The van der Waals surface area contributed by atoms with E-state index in [2.05, 4.69) is 9.97 Å². The first-order valence-corrected chi connectivity index (χ1v) is 8.85. The van der Waals surface area contributed by atoms with Crippen LogP contribution in [0.4, 0.5) is 10.3 Å². The average molecular weight is 350 g/mol. The van der Waals surface area contributed by atoms with Gasteiger partial charge in [0.25, 0.3) is 0 Å². The van der Waals surface area contributed by atoms with Crippen LogP contribution in [0.25, 0.3) is 0 Å². The number of amides is 1. The SMILES string of the molecule is O=C(C1CN(c2ncc(F)cn2)CC12CCOCC2)N1CCOCC1. The lowest BCUT2D eigenvalue weighted by Crippen LogP contribution is -2.49. The molecule has 7 nitrogen and oxygen atoms in total. The fourth-order valence-electron chi connectivity index (χ4n) is 4.22. The van der Waals surface area contributed by atoms with Gasteiger partial charge in [-0.15, -0.1) is 0 Å². The van der Waals surface area contributed by atoms with Crippen molar-refractivity contribution in [3.63, 3.8) is 0 Å². The molecule has 0 radical (unpaired) electrons. The molecule has 1 aromatic heterocycles. The molecule has 3 saturated heterocycles. The molecule has 8 heteroatoms. The third kappa shape index (κ3) is 3.20. The van der Waals surface area contributed by atoms with Crippen LogP contribution in [0.3, 0.4) is 0 Å². The quantitative estimate of drug-likeness (QED) is 0.783. The van der Waals surface area contributed by atoms with Crippen molar-refractivity contribution in [2.75, 3.05) is 57.5 Å². The van der Waals surface area contributed by atoms with E-state index in [0.717, 1.165) is 12.8 Å². The lowest BCUT2D eigenvalue weighted by atomic mass is 9.71. The van der Waals surface area contributed by atoms with Gasteiger partial charge in [-0.2, -0.15) is 0 Å². The standard InChI is InChI=1S/C17H23FN4O3/c18-13-9-19-16(20-10-13)22-11-14(15(23)21-3-7-25-8-4-21)17(12-22)1-5-24-6-2-17/h9-10,14H,1-8,11-12H2. The minimum atomic E-state index is -0.454. The zero-order chi connectivity index (χ0) is 17.3. The Hall–Kier alpha value is -1.80. The largest absolute Gasteiger partial charge is 0.381 e. The summed E-state index contributed by atoms with van der Waals surface area (Å²) in [5.74, 6) is 0.118. The second kappa shape index (κ2) is 6.84. The van der Waals surface area contributed by atoms with Crippen LogP contribution in [0.2, 0.25) is 0 Å². The summed E-state index contributed by atoms with van der Waals surface area (Å²) in [4.78, 5) is 25.4. The first-order chi connectivity index (χ1) is 12.2. The summed E-state index contributed by atoms with van der Waals surface area (Å²) in [7, 11) is 0. The molecule has 1 amide bonds. The number of hydrogen-bond donors (Lipinski definition) is 0. The maximum absolute atomic E-state index is 13.2. The zero-order valence-corrected chi connectivity index (χ0v) is 14.2. The van der Waals surface area contributed by atoms with E-state index in [1.54, 1.807) is 0 Å². The smallest absolute Gasteiger partial charge is 0.228 e. The summed E-state index contributed by atoms with van der Waals surface area (Å²) >= 11 is 0. The number of carbonyl (C=O) groups is 1. The van der Waals surface area contributed by atoms with Crippen molar-refractivity contribution in [3.8, 4) is 0 Å². The van der Waals surface area contributed by atoms with Crippen LogP contribution in [0.15, 0.2) is 12.4 Å². The first kappa shape index (κ1) is 16.7. The lowest BCUT2D eigenvalue weighted by Gasteiger charge is -2.39. The zero-order valence-electron chi connectivity index (χ0n) is 14.2. The summed E-state index contributed by atoms with van der Waals surface area (Å²) in [5, 5.41) is 0. The molecule has 0 aliphatic carbocycles. The summed E-state index contributed by atoms with van der Waals surface area (Å²) < 4.78 is 24.1. The highest BCUT2D eigenvalue weighted by Gasteiger charge is 2.52. The Balaban J connectivity index is 1.58. The van der Waals surface area contributed by atoms with Crippen LogP contribution >= 0.6 is 0 Å². The van der Waals surface area contributed by atoms with E-state index < -0.39 is 5.82 Å². The molecule has 3 aliphatic heterocycles. The van der Waals surface area contributed by atoms with Gasteiger partial charge in [-0.1, -0.05) is 0 Å². The molecule has 1 atom stereocenters. The molecular formula is C17H23FN4O3.